The van der Waals surface area contributed by atoms with Crippen molar-refractivity contribution in [2.75, 3.05) is 5.88 Å². The molecule has 1 unspecified atom stereocenters. The van der Waals surface area contributed by atoms with Gasteiger partial charge in [-0.1, -0.05) is 39.0 Å². The van der Waals surface area contributed by atoms with E-state index in [1.807, 2.05) is 29.6 Å². The van der Waals surface area contributed by atoms with Crippen molar-refractivity contribution in [3.63, 3.8) is 0 Å². The topological polar surface area (TPSA) is 29.1 Å². The van der Waals surface area contributed by atoms with Gasteiger partial charge < -0.3 is 5.32 Å². The normalized spacial score (nSPS) is 13.4. The van der Waals surface area contributed by atoms with Crippen LogP contribution in [0.1, 0.15) is 37.6 Å². The summed E-state index contributed by atoms with van der Waals surface area (Å²) < 4.78 is 1.14. The fourth-order valence-corrected chi connectivity index (χ4v) is 3.38. The molecule has 0 saturated carbocycles. The fraction of sp³-hybridized carbons (Fsp3) is 0.438. The SMILES string of the molecule is CC(C)(C)C(CCCl)NC(=O)c1csc2ccccc12. The maximum atomic E-state index is 12.5. The summed E-state index contributed by atoms with van der Waals surface area (Å²) in [6, 6.07) is 8.06. The third-order valence-electron chi connectivity index (χ3n) is 3.47. The maximum absolute atomic E-state index is 12.5. The molecule has 0 bridgehead atoms. The van der Waals surface area contributed by atoms with Crippen molar-refractivity contribution in [2.24, 2.45) is 5.41 Å². The second-order valence-corrected chi connectivity index (χ2v) is 7.30. The molecule has 1 N–H and O–H groups in total. The van der Waals surface area contributed by atoms with E-state index in [4.69, 9.17) is 11.6 Å². The molecule has 1 aromatic heterocycles. The van der Waals surface area contributed by atoms with E-state index >= 15 is 0 Å². The molecule has 1 atom stereocenters. The molecule has 1 aromatic carbocycles. The van der Waals surface area contributed by atoms with E-state index in [-0.39, 0.29) is 17.4 Å². The number of hydrogen-bond acceptors (Lipinski definition) is 2. The van der Waals surface area contributed by atoms with Gasteiger partial charge in [-0.25, -0.2) is 0 Å². The van der Waals surface area contributed by atoms with Gasteiger partial charge in [0.25, 0.3) is 5.91 Å². The third-order valence-corrected chi connectivity index (χ3v) is 4.66. The van der Waals surface area contributed by atoms with E-state index in [0.29, 0.717) is 5.88 Å². The zero-order chi connectivity index (χ0) is 14.8. The molecule has 0 saturated heterocycles. The Balaban J connectivity index is 2.23. The van der Waals surface area contributed by atoms with Crippen LogP contribution in [-0.2, 0) is 0 Å². The van der Waals surface area contributed by atoms with Crippen LogP contribution in [0.25, 0.3) is 10.1 Å². The number of carbonyl (C=O) groups is 1. The molecule has 0 radical (unpaired) electrons. The number of amides is 1. The lowest BCUT2D eigenvalue weighted by Crippen LogP contribution is -2.43. The van der Waals surface area contributed by atoms with Crippen molar-refractivity contribution >= 4 is 38.9 Å². The van der Waals surface area contributed by atoms with E-state index in [9.17, 15) is 4.79 Å². The Labute approximate surface area is 129 Å². The number of thiophene rings is 1. The number of hydrogen-bond donors (Lipinski definition) is 1. The first kappa shape index (κ1) is 15.3. The number of benzene rings is 1. The minimum Gasteiger partial charge on any atom is -0.349 e. The van der Waals surface area contributed by atoms with E-state index in [2.05, 4.69) is 26.1 Å². The number of halogens is 1. The molecule has 0 spiro atoms. The lowest BCUT2D eigenvalue weighted by Gasteiger charge is -2.31. The Hall–Kier alpha value is -1.06. The van der Waals surface area contributed by atoms with Crippen molar-refractivity contribution < 1.29 is 4.79 Å². The standard InChI is InChI=1S/C16H20ClNOS/c1-16(2,3)14(8-9-17)18-15(19)12-10-20-13-7-5-4-6-11(12)13/h4-7,10,14H,8-9H2,1-3H3,(H,18,19). The smallest absolute Gasteiger partial charge is 0.252 e. The molecule has 108 valence electrons. The average Bonchev–Trinajstić information content (AvgIpc) is 2.81. The van der Waals surface area contributed by atoms with Crippen molar-refractivity contribution in [3.8, 4) is 0 Å². The van der Waals surface area contributed by atoms with Gasteiger partial charge >= 0.3 is 0 Å². The Bertz CT molecular complexity index is 600. The molecule has 0 aliphatic heterocycles. The molecule has 1 heterocycles. The highest BCUT2D eigenvalue weighted by atomic mass is 35.5. The first-order valence-electron chi connectivity index (χ1n) is 6.76. The number of carbonyl (C=O) groups excluding carboxylic acids is 1. The zero-order valence-corrected chi connectivity index (χ0v) is 13.6. The van der Waals surface area contributed by atoms with Crippen LogP contribution >= 0.6 is 22.9 Å². The number of fused-ring (bicyclic) bond motifs is 1. The Morgan fingerprint density at radius 3 is 2.70 bits per heavy atom. The molecule has 0 aliphatic carbocycles. The van der Waals surface area contributed by atoms with Gasteiger partial charge in [0.05, 0.1) is 5.56 Å². The van der Waals surface area contributed by atoms with Gasteiger partial charge in [0.1, 0.15) is 0 Å². The van der Waals surface area contributed by atoms with Gasteiger partial charge in [-0.3, -0.25) is 4.79 Å². The molecule has 2 rings (SSSR count). The molecule has 0 fully saturated rings. The monoisotopic (exact) mass is 309 g/mol. The summed E-state index contributed by atoms with van der Waals surface area (Å²) in [4.78, 5) is 12.5. The van der Waals surface area contributed by atoms with Crippen LogP contribution < -0.4 is 5.32 Å². The minimum atomic E-state index is -0.00695. The number of nitrogens with one attached hydrogen (secondary N) is 1. The van der Waals surface area contributed by atoms with Crippen LogP contribution in [0.2, 0.25) is 0 Å². The number of alkyl halides is 1. The van der Waals surface area contributed by atoms with E-state index < -0.39 is 0 Å². The summed E-state index contributed by atoms with van der Waals surface area (Å²) in [5.41, 5.74) is 0.755. The quantitative estimate of drug-likeness (QED) is 0.817. The first-order chi connectivity index (χ1) is 9.43. The average molecular weight is 310 g/mol. The lowest BCUT2D eigenvalue weighted by molar-refractivity contribution is 0.0902. The van der Waals surface area contributed by atoms with Crippen molar-refractivity contribution in [1.82, 2.24) is 5.32 Å². The summed E-state index contributed by atoms with van der Waals surface area (Å²) in [7, 11) is 0. The molecule has 20 heavy (non-hydrogen) atoms. The van der Waals surface area contributed by atoms with Gasteiger partial charge in [-0.15, -0.1) is 22.9 Å². The molecular formula is C16H20ClNOS. The predicted octanol–water partition coefficient (Wildman–Crippen LogP) is 4.67. The highest BCUT2D eigenvalue weighted by molar-refractivity contribution is 7.17. The maximum Gasteiger partial charge on any atom is 0.252 e. The summed E-state index contributed by atoms with van der Waals surface area (Å²) in [5, 5.41) is 6.09. The van der Waals surface area contributed by atoms with Gasteiger partial charge in [0.15, 0.2) is 0 Å². The Kier molecular flexibility index (Phi) is 4.71. The van der Waals surface area contributed by atoms with Crippen LogP contribution in [0.4, 0.5) is 0 Å². The molecule has 4 heteroatoms. The second-order valence-electron chi connectivity index (χ2n) is 6.02. The van der Waals surface area contributed by atoms with Crippen molar-refractivity contribution in [2.45, 2.75) is 33.2 Å². The molecule has 1 amide bonds. The van der Waals surface area contributed by atoms with E-state index in [0.717, 1.165) is 22.1 Å². The van der Waals surface area contributed by atoms with Crippen LogP contribution in [0, 0.1) is 5.41 Å². The van der Waals surface area contributed by atoms with Crippen molar-refractivity contribution in [3.05, 3.63) is 35.2 Å². The third kappa shape index (κ3) is 3.33. The van der Waals surface area contributed by atoms with Gasteiger partial charge in [-0.05, 0) is 17.9 Å². The highest BCUT2D eigenvalue weighted by Crippen LogP contribution is 2.27. The predicted molar refractivity (Wildman–Crippen MR) is 87.9 cm³/mol. The van der Waals surface area contributed by atoms with Crippen LogP contribution in [0.5, 0.6) is 0 Å². The first-order valence-corrected chi connectivity index (χ1v) is 8.18. The second kappa shape index (κ2) is 6.15. The molecular weight excluding hydrogens is 290 g/mol. The number of rotatable bonds is 4. The van der Waals surface area contributed by atoms with E-state index in [1.165, 1.54) is 0 Å². The minimum absolute atomic E-state index is 0.00360. The summed E-state index contributed by atoms with van der Waals surface area (Å²) >= 11 is 7.46. The van der Waals surface area contributed by atoms with Gasteiger partial charge in [-0.2, -0.15) is 0 Å². The van der Waals surface area contributed by atoms with Gasteiger partial charge in [0, 0.05) is 27.4 Å². The molecule has 0 aliphatic rings. The van der Waals surface area contributed by atoms with Crippen LogP contribution in [0.15, 0.2) is 29.6 Å². The summed E-state index contributed by atoms with van der Waals surface area (Å²) in [6.07, 6.45) is 0.777. The molecule has 2 nitrogen and oxygen atoms in total. The highest BCUT2D eigenvalue weighted by Gasteiger charge is 2.26. The Morgan fingerprint density at radius 2 is 2.05 bits per heavy atom. The zero-order valence-electron chi connectivity index (χ0n) is 12.1. The van der Waals surface area contributed by atoms with E-state index in [1.54, 1.807) is 11.3 Å². The summed E-state index contributed by atoms with van der Waals surface area (Å²) in [5.74, 6) is 0.541. The Morgan fingerprint density at radius 1 is 1.35 bits per heavy atom. The lowest BCUT2D eigenvalue weighted by atomic mass is 9.85. The largest absolute Gasteiger partial charge is 0.349 e. The van der Waals surface area contributed by atoms with Gasteiger partial charge in [0.2, 0.25) is 0 Å². The molecule has 2 aromatic rings. The summed E-state index contributed by atoms with van der Waals surface area (Å²) in [6.45, 7) is 6.36. The van der Waals surface area contributed by atoms with Crippen LogP contribution in [0.3, 0.4) is 0 Å². The van der Waals surface area contributed by atoms with Crippen molar-refractivity contribution in [1.29, 1.82) is 0 Å². The van der Waals surface area contributed by atoms with Crippen LogP contribution in [-0.4, -0.2) is 17.8 Å². The fourth-order valence-electron chi connectivity index (χ4n) is 2.22.